The van der Waals surface area contributed by atoms with Crippen molar-refractivity contribution in [1.82, 2.24) is 4.90 Å². The lowest BCUT2D eigenvalue weighted by Crippen LogP contribution is -2.37. The fraction of sp³-hybridized carbons (Fsp3) is 0.533. The number of benzene rings is 1. The van der Waals surface area contributed by atoms with E-state index in [9.17, 15) is 13.2 Å². The largest absolute Gasteiger partial charge is 0.494 e. The minimum atomic E-state index is -2.99. The van der Waals surface area contributed by atoms with Gasteiger partial charge in [-0.3, -0.25) is 4.79 Å². The van der Waals surface area contributed by atoms with Crippen LogP contribution in [-0.4, -0.2) is 50.4 Å². The summed E-state index contributed by atoms with van der Waals surface area (Å²) in [4.78, 5) is 14.0. The van der Waals surface area contributed by atoms with E-state index in [0.29, 0.717) is 18.6 Å². The standard InChI is InChI=1S/C15H21NO4S/c1-4-20-14-6-5-12(9-11(14)2)15(17)16(3)13-7-8-21(18,19)10-13/h5-6,9,13H,4,7-8,10H2,1-3H3. The fourth-order valence-corrected chi connectivity index (χ4v) is 4.32. The molecular formula is C15H21NO4S. The van der Waals surface area contributed by atoms with E-state index in [2.05, 4.69) is 0 Å². The van der Waals surface area contributed by atoms with Crippen LogP contribution in [0.3, 0.4) is 0 Å². The lowest BCUT2D eigenvalue weighted by Gasteiger charge is -2.23. The topological polar surface area (TPSA) is 63.7 Å². The summed E-state index contributed by atoms with van der Waals surface area (Å²) in [6.07, 6.45) is 0.514. The van der Waals surface area contributed by atoms with Crippen LogP contribution in [0.25, 0.3) is 0 Å². The second-order valence-corrected chi connectivity index (χ2v) is 7.61. The van der Waals surface area contributed by atoms with Gasteiger partial charge < -0.3 is 9.64 Å². The number of hydrogen-bond donors (Lipinski definition) is 0. The van der Waals surface area contributed by atoms with Crippen LogP contribution >= 0.6 is 0 Å². The summed E-state index contributed by atoms with van der Waals surface area (Å²) in [5, 5.41) is 0. The van der Waals surface area contributed by atoms with Gasteiger partial charge in [0.1, 0.15) is 5.75 Å². The van der Waals surface area contributed by atoms with E-state index in [1.54, 1.807) is 30.1 Å². The summed E-state index contributed by atoms with van der Waals surface area (Å²) < 4.78 is 28.5. The zero-order valence-corrected chi connectivity index (χ0v) is 13.4. The van der Waals surface area contributed by atoms with E-state index in [1.165, 1.54) is 0 Å². The van der Waals surface area contributed by atoms with Crippen molar-refractivity contribution in [3.63, 3.8) is 0 Å². The Hall–Kier alpha value is -1.56. The molecule has 0 saturated carbocycles. The first kappa shape index (κ1) is 15.8. The summed E-state index contributed by atoms with van der Waals surface area (Å²) in [5.41, 5.74) is 1.46. The Balaban J connectivity index is 2.14. The number of nitrogens with zero attached hydrogens (tertiary/aromatic N) is 1. The molecule has 6 heteroatoms. The molecule has 1 aromatic carbocycles. The number of ether oxygens (including phenoxy) is 1. The number of carbonyl (C=O) groups excluding carboxylic acids is 1. The molecule has 1 amide bonds. The Labute approximate surface area is 125 Å². The molecule has 0 N–H and O–H groups in total. The Bertz CT molecular complexity index is 639. The maximum absolute atomic E-state index is 12.5. The zero-order chi connectivity index (χ0) is 15.6. The van der Waals surface area contributed by atoms with Crippen LogP contribution in [0, 0.1) is 6.92 Å². The van der Waals surface area contributed by atoms with Crippen LogP contribution in [-0.2, 0) is 9.84 Å². The molecule has 1 saturated heterocycles. The van der Waals surface area contributed by atoms with Gasteiger partial charge in [-0.1, -0.05) is 0 Å². The van der Waals surface area contributed by atoms with E-state index in [1.807, 2.05) is 13.8 Å². The molecular weight excluding hydrogens is 290 g/mol. The lowest BCUT2D eigenvalue weighted by molar-refractivity contribution is 0.0747. The third kappa shape index (κ3) is 3.56. The maximum atomic E-state index is 12.5. The Morgan fingerprint density at radius 2 is 2.14 bits per heavy atom. The maximum Gasteiger partial charge on any atom is 0.253 e. The van der Waals surface area contributed by atoms with E-state index >= 15 is 0 Å². The average molecular weight is 311 g/mol. The first-order valence-corrected chi connectivity index (χ1v) is 8.87. The summed E-state index contributed by atoms with van der Waals surface area (Å²) in [6, 6.07) is 5.06. The van der Waals surface area contributed by atoms with Crippen LogP contribution in [0.2, 0.25) is 0 Å². The van der Waals surface area contributed by atoms with Gasteiger partial charge in [-0.05, 0) is 44.0 Å². The minimum absolute atomic E-state index is 0.0608. The third-order valence-corrected chi connectivity index (χ3v) is 5.55. The molecule has 2 rings (SSSR count). The molecule has 1 unspecified atom stereocenters. The molecule has 1 heterocycles. The second-order valence-electron chi connectivity index (χ2n) is 5.39. The molecule has 0 radical (unpaired) electrons. The number of hydrogen-bond acceptors (Lipinski definition) is 4. The van der Waals surface area contributed by atoms with Crippen molar-refractivity contribution in [3.8, 4) is 5.75 Å². The smallest absolute Gasteiger partial charge is 0.253 e. The average Bonchev–Trinajstić information content (AvgIpc) is 2.80. The van der Waals surface area contributed by atoms with Crippen molar-refractivity contribution in [2.45, 2.75) is 26.3 Å². The molecule has 1 fully saturated rings. The highest BCUT2D eigenvalue weighted by Crippen LogP contribution is 2.22. The van der Waals surface area contributed by atoms with Gasteiger partial charge in [0.25, 0.3) is 5.91 Å². The van der Waals surface area contributed by atoms with Crippen LogP contribution in [0.15, 0.2) is 18.2 Å². The molecule has 1 aromatic rings. The van der Waals surface area contributed by atoms with Gasteiger partial charge in [-0.2, -0.15) is 0 Å². The molecule has 116 valence electrons. The van der Waals surface area contributed by atoms with Crippen molar-refractivity contribution < 1.29 is 17.9 Å². The van der Waals surface area contributed by atoms with Crippen LogP contribution < -0.4 is 4.74 Å². The molecule has 0 aromatic heterocycles. The van der Waals surface area contributed by atoms with Crippen LogP contribution in [0.4, 0.5) is 0 Å². The van der Waals surface area contributed by atoms with Gasteiger partial charge in [0.2, 0.25) is 0 Å². The molecule has 0 spiro atoms. The van der Waals surface area contributed by atoms with Gasteiger partial charge >= 0.3 is 0 Å². The molecule has 5 nitrogen and oxygen atoms in total. The van der Waals surface area contributed by atoms with E-state index in [4.69, 9.17) is 4.74 Å². The summed E-state index contributed by atoms with van der Waals surface area (Å²) >= 11 is 0. The number of rotatable bonds is 4. The fourth-order valence-electron chi connectivity index (χ4n) is 2.55. The van der Waals surface area contributed by atoms with Gasteiger partial charge in [0.05, 0.1) is 18.1 Å². The molecule has 1 aliphatic rings. The summed E-state index contributed by atoms with van der Waals surface area (Å²) in [7, 11) is -1.33. The normalized spacial score (nSPS) is 20.2. The van der Waals surface area contributed by atoms with Crippen LogP contribution in [0.5, 0.6) is 5.75 Å². The van der Waals surface area contributed by atoms with E-state index in [0.717, 1.165) is 11.3 Å². The van der Waals surface area contributed by atoms with Crippen LogP contribution in [0.1, 0.15) is 29.3 Å². The Morgan fingerprint density at radius 3 is 2.67 bits per heavy atom. The lowest BCUT2D eigenvalue weighted by atomic mass is 10.1. The number of sulfone groups is 1. The zero-order valence-electron chi connectivity index (χ0n) is 12.6. The SMILES string of the molecule is CCOc1ccc(C(=O)N(C)C2CCS(=O)(=O)C2)cc1C. The van der Waals surface area contributed by atoms with Gasteiger partial charge in [0, 0.05) is 18.7 Å². The number of aryl methyl sites for hydroxylation is 1. The van der Waals surface area contributed by atoms with Crippen molar-refractivity contribution >= 4 is 15.7 Å². The third-order valence-electron chi connectivity index (χ3n) is 3.80. The molecule has 1 atom stereocenters. The molecule has 0 aliphatic carbocycles. The van der Waals surface area contributed by atoms with Gasteiger partial charge in [0.15, 0.2) is 9.84 Å². The highest BCUT2D eigenvalue weighted by atomic mass is 32.2. The Kier molecular flexibility index (Phi) is 4.56. The summed E-state index contributed by atoms with van der Waals surface area (Å²) in [6.45, 7) is 4.38. The highest BCUT2D eigenvalue weighted by Gasteiger charge is 2.33. The van der Waals surface area contributed by atoms with E-state index in [-0.39, 0.29) is 23.5 Å². The van der Waals surface area contributed by atoms with Gasteiger partial charge in [-0.15, -0.1) is 0 Å². The number of carbonyl (C=O) groups is 1. The first-order chi connectivity index (χ1) is 9.84. The second kappa shape index (κ2) is 6.05. The quantitative estimate of drug-likeness (QED) is 0.848. The number of amides is 1. The highest BCUT2D eigenvalue weighted by molar-refractivity contribution is 7.91. The monoisotopic (exact) mass is 311 g/mol. The summed E-state index contributed by atoms with van der Waals surface area (Å²) in [5.74, 6) is 0.839. The minimum Gasteiger partial charge on any atom is -0.494 e. The predicted octanol–water partition coefficient (Wildman–Crippen LogP) is 1.65. The molecule has 0 bridgehead atoms. The molecule has 1 aliphatic heterocycles. The van der Waals surface area contributed by atoms with Crippen molar-refractivity contribution in [1.29, 1.82) is 0 Å². The van der Waals surface area contributed by atoms with Crippen molar-refractivity contribution in [2.75, 3.05) is 25.2 Å². The molecule has 21 heavy (non-hydrogen) atoms. The van der Waals surface area contributed by atoms with Gasteiger partial charge in [-0.25, -0.2) is 8.42 Å². The predicted molar refractivity (Wildman–Crippen MR) is 81.5 cm³/mol. The Morgan fingerprint density at radius 1 is 1.43 bits per heavy atom. The van der Waals surface area contributed by atoms with Crippen molar-refractivity contribution in [2.24, 2.45) is 0 Å². The van der Waals surface area contributed by atoms with E-state index < -0.39 is 9.84 Å². The van der Waals surface area contributed by atoms with Crippen molar-refractivity contribution in [3.05, 3.63) is 29.3 Å². The first-order valence-electron chi connectivity index (χ1n) is 7.05.